The van der Waals surface area contributed by atoms with E-state index in [1.807, 2.05) is 13.8 Å². The molecule has 5 N–H and O–H groups in total. The van der Waals surface area contributed by atoms with Crippen LogP contribution in [0.5, 0.6) is 0 Å². The summed E-state index contributed by atoms with van der Waals surface area (Å²) < 4.78 is 0. The lowest BCUT2D eigenvalue weighted by Gasteiger charge is -2.36. The number of nitrogens with two attached hydrogens (primary N) is 2. The number of carbonyl (C=O) groups is 1. The SMILES string of the molecule is CC(C)(N)CN1CCCC(c2cc(C(N)=O)n[nH]2)C1. The number of hydrogen-bond acceptors (Lipinski definition) is 4. The molecule has 0 spiro atoms. The normalized spacial score (nSPS) is 21.5. The first-order chi connectivity index (χ1) is 8.85. The van der Waals surface area contributed by atoms with E-state index in [4.69, 9.17) is 11.5 Å². The fraction of sp³-hybridized carbons (Fsp3) is 0.692. The number of likely N-dealkylation sites (tertiary alicyclic amines) is 1. The van der Waals surface area contributed by atoms with Crippen molar-refractivity contribution >= 4 is 5.91 Å². The van der Waals surface area contributed by atoms with E-state index in [0.717, 1.165) is 38.2 Å². The van der Waals surface area contributed by atoms with E-state index < -0.39 is 5.91 Å². The summed E-state index contributed by atoms with van der Waals surface area (Å²) >= 11 is 0. The Morgan fingerprint density at radius 1 is 1.63 bits per heavy atom. The van der Waals surface area contributed by atoms with E-state index in [1.54, 1.807) is 6.07 Å². The summed E-state index contributed by atoms with van der Waals surface area (Å²) in [4.78, 5) is 13.4. The minimum absolute atomic E-state index is 0.186. The maximum Gasteiger partial charge on any atom is 0.269 e. The van der Waals surface area contributed by atoms with E-state index in [9.17, 15) is 4.79 Å². The molecule has 2 heterocycles. The second kappa shape index (κ2) is 5.30. The summed E-state index contributed by atoms with van der Waals surface area (Å²) in [6, 6.07) is 1.77. The molecule has 1 unspecified atom stereocenters. The second-order valence-electron chi connectivity index (χ2n) is 6.14. The van der Waals surface area contributed by atoms with Crippen molar-refractivity contribution in [2.75, 3.05) is 19.6 Å². The van der Waals surface area contributed by atoms with Crippen molar-refractivity contribution < 1.29 is 4.79 Å². The molecule has 19 heavy (non-hydrogen) atoms. The lowest BCUT2D eigenvalue weighted by Crippen LogP contribution is -2.48. The molecule has 2 rings (SSSR count). The van der Waals surface area contributed by atoms with Crippen molar-refractivity contribution in [1.29, 1.82) is 0 Å². The first kappa shape index (κ1) is 14.0. The quantitative estimate of drug-likeness (QED) is 0.734. The van der Waals surface area contributed by atoms with Gasteiger partial charge in [-0.25, -0.2) is 0 Å². The fourth-order valence-corrected chi connectivity index (χ4v) is 2.70. The van der Waals surface area contributed by atoms with E-state index in [0.29, 0.717) is 11.6 Å². The first-order valence-corrected chi connectivity index (χ1v) is 6.71. The van der Waals surface area contributed by atoms with Crippen LogP contribution in [-0.4, -0.2) is 46.2 Å². The summed E-state index contributed by atoms with van der Waals surface area (Å²) in [6.07, 6.45) is 2.23. The standard InChI is InChI=1S/C13H23N5O/c1-13(2,15)8-18-5-3-4-9(7-18)10-6-11(12(14)19)17-16-10/h6,9H,3-5,7-8,15H2,1-2H3,(H2,14,19)(H,16,17). The number of carbonyl (C=O) groups excluding carboxylic acids is 1. The van der Waals surface area contributed by atoms with Crippen LogP contribution in [0.4, 0.5) is 0 Å². The highest BCUT2D eigenvalue weighted by Gasteiger charge is 2.26. The number of aromatic nitrogens is 2. The molecule has 6 nitrogen and oxygen atoms in total. The predicted molar refractivity (Wildman–Crippen MR) is 73.8 cm³/mol. The van der Waals surface area contributed by atoms with Crippen LogP contribution in [0.25, 0.3) is 0 Å². The van der Waals surface area contributed by atoms with Crippen LogP contribution in [0.3, 0.4) is 0 Å². The topological polar surface area (TPSA) is 101 Å². The third kappa shape index (κ3) is 3.78. The number of nitrogens with zero attached hydrogens (tertiary/aromatic N) is 2. The second-order valence-corrected chi connectivity index (χ2v) is 6.14. The minimum atomic E-state index is -0.488. The van der Waals surface area contributed by atoms with Crippen molar-refractivity contribution in [3.63, 3.8) is 0 Å². The number of rotatable bonds is 4. The Balaban J connectivity index is 2.02. The highest BCUT2D eigenvalue weighted by Crippen LogP contribution is 2.26. The molecule has 1 fully saturated rings. The van der Waals surface area contributed by atoms with Crippen molar-refractivity contribution in [2.24, 2.45) is 11.5 Å². The van der Waals surface area contributed by atoms with Crippen molar-refractivity contribution in [3.05, 3.63) is 17.5 Å². The van der Waals surface area contributed by atoms with Gasteiger partial charge in [-0.05, 0) is 39.3 Å². The molecule has 106 valence electrons. The Hall–Kier alpha value is -1.40. The van der Waals surface area contributed by atoms with Crippen molar-refractivity contribution in [2.45, 2.75) is 38.1 Å². The molecule has 6 heteroatoms. The van der Waals surface area contributed by atoms with Crippen LogP contribution in [0, 0.1) is 0 Å². The monoisotopic (exact) mass is 265 g/mol. The number of nitrogens with one attached hydrogen (secondary N) is 1. The zero-order valence-corrected chi connectivity index (χ0v) is 11.6. The van der Waals surface area contributed by atoms with Gasteiger partial charge in [-0.2, -0.15) is 5.10 Å². The van der Waals surface area contributed by atoms with E-state index in [1.165, 1.54) is 0 Å². The molecule has 1 atom stereocenters. The Kier molecular flexibility index (Phi) is 3.91. The number of hydrogen-bond donors (Lipinski definition) is 3. The van der Waals surface area contributed by atoms with Gasteiger partial charge in [-0.15, -0.1) is 0 Å². The van der Waals surface area contributed by atoms with E-state index >= 15 is 0 Å². The van der Waals surface area contributed by atoms with Crippen molar-refractivity contribution in [1.82, 2.24) is 15.1 Å². The molecule has 0 saturated carbocycles. The van der Waals surface area contributed by atoms with Crippen LogP contribution in [0.2, 0.25) is 0 Å². The molecule has 1 aromatic rings. The molecule has 1 aliphatic rings. The number of aromatic amines is 1. The molecule has 0 aliphatic carbocycles. The van der Waals surface area contributed by atoms with Gasteiger partial charge in [0.2, 0.25) is 0 Å². The molecule has 0 radical (unpaired) electrons. The summed E-state index contributed by atoms with van der Waals surface area (Å²) in [6.45, 7) is 6.98. The Morgan fingerprint density at radius 3 is 2.95 bits per heavy atom. The molecule has 1 saturated heterocycles. The third-order valence-corrected chi connectivity index (χ3v) is 3.43. The van der Waals surface area contributed by atoms with Gasteiger partial charge in [-0.3, -0.25) is 9.89 Å². The first-order valence-electron chi connectivity index (χ1n) is 6.71. The van der Waals surface area contributed by atoms with Gasteiger partial charge in [0.1, 0.15) is 5.69 Å². The van der Waals surface area contributed by atoms with Crippen LogP contribution < -0.4 is 11.5 Å². The highest BCUT2D eigenvalue weighted by atomic mass is 16.1. The fourth-order valence-electron chi connectivity index (χ4n) is 2.70. The lowest BCUT2D eigenvalue weighted by molar-refractivity contribution is 0.0995. The largest absolute Gasteiger partial charge is 0.364 e. The predicted octanol–water partition coefficient (Wildman–Crippen LogP) is 0.425. The molecular weight excluding hydrogens is 242 g/mol. The van der Waals surface area contributed by atoms with Crippen LogP contribution >= 0.6 is 0 Å². The minimum Gasteiger partial charge on any atom is -0.364 e. The van der Waals surface area contributed by atoms with Crippen LogP contribution in [0.1, 0.15) is 48.8 Å². The Bertz CT molecular complexity index is 448. The Morgan fingerprint density at radius 2 is 2.37 bits per heavy atom. The molecule has 1 aliphatic heterocycles. The van der Waals surface area contributed by atoms with Gasteiger partial charge in [0, 0.05) is 30.2 Å². The van der Waals surface area contributed by atoms with Gasteiger partial charge in [0.25, 0.3) is 5.91 Å². The molecule has 1 amide bonds. The smallest absolute Gasteiger partial charge is 0.269 e. The highest BCUT2D eigenvalue weighted by molar-refractivity contribution is 5.90. The lowest BCUT2D eigenvalue weighted by atomic mass is 9.93. The zero-order chi connectivity index (χ0) is 14.0. The summed E-state index contributed by atoms with van der Waals surface area (Å²) in [7, 11) is 0. The number of amides is 1. The molecule has 1 aromatic heterocycles. The number of H-pyrrole nitrogens is 1. The van der Waals surface area contributed by atoms with Crippen LogP contribution in [0.15, 0.2) is 6.07 Å². The molecule has 0 aromatic carbocycles. The maximum atomic E-state index is 11.1. The average molecular weight is 265 g/mol. The van der Waals surface area contributed by atoms with Gasteiger partial charge >= 0.3 is 0 Å². The van der Waals surface area contributed by atoms with Gasteiger partial charge in [0.05, 0.1) is 0 Å². The molecular formula is C13H23N5O. The average Bonchev–Trinajstić information content (AvgIpc) is 2.76. The van der Waals surface area contributed by atoms with E-state index in [-0.39, 0.29) is 5.54 Å². The number of primary amides is 1. The third-order valence-electron chi connectivity index (χ3n) is 3.43. The summed E-state index contributed by atoms with van der Waals surface area (Å²) in [5.41, 5.74) is 12.4. The number of piperidine rings is 1. The molecule has 0 bridgehead atoms. The van der Waals surface area contributed by atoms with Crippen molar-refractivity contribution in [3.8, 4) is 0 Å². The van der Waals surface area contributed by atoms with Gasteiger partial charge in [-0.1, -0.05) is 0 Å². The van der Waals surface area contributed by atoms with Gasteiger partial charge in [0.15, 0.2) is 0 Å². The maximum absolute atomic E-state index is 11.1. The van der Waals surface area contributed by atoms with E-state index in [2.05, 4.69) is 15.1 Å². The Labute approximate surface area is 113 Å². The zero-order valence-electron chi connectivity index (χ0n) is 11.6. The summed E-state index contributed by atoms with van der Waals surface area (Å²) in [5, 5.41) is 6.88. The van der Waals surface area contributed by atoms with Gasteiger partial charge < -0.3 is 16.4 Å². The summed E-state index contributed by atoms with van der Waals surface area (Å²) in [5.74, 6) is -0.116. The van der Waals surface area contributed by atoms with Crippen LogP contribution in [-0.2, 0) is 0 Å².